The van der Waals surface area contributed by atoms with E-state index >= 15 is 0 Å². The predicted molar refractivity (Wildman–Crippen MR) is 59.3 cm³/mol. The highest BCUT2D eigenvalue weighted by Gasteiger charge is 2.23. The quantitative estimate of drug-likeness (QED) is 0.643. The number of alkyl halides is 2. The van der Waals surface area contributed by atoms with Gasteiger partial charge >= 0.3 is 0 Å². The average molecular weight is 290 g/mol. The lowest BCUT2D eigenvalue weighted by Crippen LogP contribution is -2.25. The Morgan fingerprint density at radius 2 is 1.33 bits per heavy atom. The van der Waals surface area contributed by atoms with Crippen molar-refractivity contribution in [3.05, 3.63) is 35.4 Å². The molecule has 2 unspecified atom stereocenters. The predicted octanol–water partition coefficient (Wildman–Crippen LogP) is 3.31. The first-order valence-electron chi connectivity index (χ1n) is 4.12. The van der Waals surface area contributed by atoms with E-state index in [0.717, 1.165) is 12.8 Å². The molecule has 0 saturated heterocycles. The van der Waals surface area contributed by atoms with Crippen LogP contribution < -0.4 is 0 Å². The van der Waals surface area contributed by atoms with Crippen molar-refractivity contribution in [2.24, 2.45) is 0 Å². The molecule has 2 atom stereocenters. The van der Waals surface area contributed by atoms with Crippen LogP contribution in [0.3, 0.4) is 0 Å². The van der Waals surface area contributed by atoms with E-state index < -0.39 is 0 Å². The standard InChI is InChI=1S/C10H10Br2/c11-9-5-7-3-1-2-4-8(7)6-10(9)12/h1-4,9-10H,5-6H2. The third-order valence-electron chi connectivity index (χ3n) is 2.34. The van der Waals surface area contributed by atoms with E-state index in [-0.39, 0.29) is 0 Å². The van der Waals surface area contributed by atoms with Gasteiger partial charge in [0.15, 0.2) is 0 Å². The summed E-state index contributed by atoms with van der Waals surface area (Å²) in [5, 5.41) is 0. The first-order chi connectivity index (χ1) is 5.77. The summed E-state index contributed by atoms with van der Waals surface area (Å²) in [5.41, 5.74) is 2.99. The largest absolute Gasteiger partial charge is 0.0875 e. The fraction of sp³-hybridized carbons (Fsp3) is 0.400. The molecule has 0 aliphatic heterocycles. The van der Waals surface area contributed by atoms with Crippen molar-refractivity contribution in [1.82, 2.24) is 0 Å². The summed E-state index contributed by atoms with van der Waals surface area (Å²) in [5.74, 6) is 0. The van der Waals surface area contributed by atoms with Crippen LogP contribution in [0.25, 0.3) is 0 Å². The number of hydrogen-bond donors (Lipinski definition) is 0. The molecule has 0 radical (unpaired) electrons. The molecular weight excluding hydrogens is 280 g/mol. The van der Waals surface area contributed by atoms with Crippen LogP contribution in [0.15, 0.2) is 24.3 Å². The molecule has 1 aliphatic carbocycles. The summed E-state index contributed by atoms with van der Waals surface area (Å²) >= 11 is 7.35. The summed E-state index contributed by atoms with van der Waals surface area (Å²) < 4.78 is 0. The van der Waals surface area contributed by atoms with Gasteiger partial charge in [0.25, 0.3) is 0 Å². The van der Waals surface area contributed by atoms with Gasteiger partial charge in [0.1, 0.15) is 0 Å². The Labute approximate surface area is 89.6 Å². The maximum atomic E-state index is 3.68. The first kappa shape index (κ1) is 8.76. The zero-order valence-electron chi connectivity index (χ0n) is 6.63. The topological polar surface area (TPSA) is 0 Å². The van der Waals surface area contributed by atoms with Gasteiger partial charge in [-0.3, -0.25) is 0 Å². The van der Waals surface area contributed by atoms with Crippen LogP contribution in [0, 0.1) is 0 Å². The van der Waals surface area contributed by atoms with Gasteiger partial charge in [0.2, 0.25) is 0 Å². The third kappa shape index (κ3) is 1.60. The monoisotopic (exact) mass is 288 g/mol. The number of rotatable bonds is 0. The SMILES string of the molecule is BrC1Cc2ccccc2CC1Br. The Hall–Kier alpha value is 0.180. The average Bonchev–Trinajstić information content (AvgIpc) is 2.07. The minimum Gasteiger partial charge on any atom is -0.0875 e. The lowest BCUT2D eigenvalue weighted by atomic mass is 9.92. The molecule has 0 bridgehead atoms. The van der Waals surface area contributed by atoms with E-state index in [2.05, 4.69) is 56.1 Å². The van der Waals surface area contributed by atoms with Crippen LogP contribution >= 0.6 is 31.9 Å². The Kier molecular flexibility index (Phi) is 2.56. The van der Waals surface area contributed by atoms with Crippen molar-refractivity contribution in [2.75, 3.05) is 0 Å². The molecule has 0 saturated carbocycles. The Morgan fingerprint density at radius 3 is 1.75 bits per heavy atom. The minimum absolute atomic E-state index is 0.590. The van der Waals surface area contributed by atoms with Gasteiger partial charge in [-0.1, -0.05) is 56.1 Å². The molecule has 0 amide bonds. The zero-order valence-corrected chi connectivity index (χ0v) is 9.81. The number of hydrogen-bond acceptors (Lipinski definition) is 0. The second kappa shape index (κ2) is 3.51. The zero-order chi connectivity index (χ0) is 8.55. The highest BCUT2D eigenvalue weighted by molar-refractivity contribution is 9.12. The van der Waals surface area contributed by atoms with Crippen molar-refractivity contribution in [1.29, 1.82) is 0 Å². The van der Waals surface area contributed by atoms with Gasteiger partial charge in [-0.15, -0.1) is 0 Å². The van der Waals surface area contributed by atoms with Gasteiger partial charge in [-0.25, -0.2) is 0 Å². The van der Waals surface area contributed by atoms with E-state index in [9.17, 15) is 0 Å². The lowest BCUT2D eigenvalue weighted by molar-refractivity contribution is 0.738. The Bertz CT molecular complexity index is 254. The normalized spacial score (nSPS) is 28.2. The first-order valence-corrected chi connectivity index (χ1v) is 5.95. The van der Waals surface area contributed by atoms with Crippen LogP contribution in [-0.2, 0) is 12.8 Å². The summed E-state index contributed by atoms with van der Waals surface area (Å²) in [6.07, 6.45) is 2.29. The second-order valence-electron chi connectivity index (χ2n) is 3.21. The highest BCUT2D eigenvalue weighted by Crippen LogP contribution is 2.29. The van der Waals surface area contributed by atoms with Gasteiger partial charge in [-0.2, -0.15) is 0 Å². The number of fused-ring (bicyclic) bond motifs is 1. The van der Waals surface area contributed by atoms with E-state index in [0.29, 0.717) is 9.65 Å². The fourth-order valence-corrected chi connectivity index (χ4v) is 2.70. The van der Waals surface area contributed by atoms with Crippen LogP contribution in [0.5, 0.6) is 0 Å². The molecule has 0 spiro atoms. The fourth-order valence-electron chi connectivity index (χ4n) is 1.63. The molecule has 0 nitrogen and oxygen atoms in total. The van der Waals surface area contributed by atoms with E-state index in [1.807, 2.05) is 0 Å². The van der Waals surface area contributed by atoms with Crippen molar-refractivity contribution >= 4 is 31.9 Å². The summed E-state index contributed by atoms with van der Waals surface area (Å²) in [6.45, 7) is 0. The molecule has 2 heteroatoms. The van der Waals surface area contributed by atoms with Gasteiger partial charge in [-0.05, 0) is 24.0 Å². The maximum absolute atomic E-state index is 3.68. The van der Waals surface area contributed by atoms with Crippen LogP contribution in [0.2, 0.25) is 0 Å². The summed E-state index contributed by atoms with van der Waals surface area (Å²) in [4.78, 5) is 1.18. The molecule has 0 aromatic heterocycles. The molecule has 0 heterocycles. The maximum Gasteiger partial charge on any atom is 0.0314 e. The Balaban J connectivity index is 2.34. The van der Waals surface area contributed by atoms with Crippen LogP contribution in [0.4, 0.5) is 0 Å². The van der Waals surface area contributed by atoms with Crippen molar-refractivity contribution in [2.45, 2.75) is 22.5 Å². The number of halogens is 2. The lowest BCUT2D eigenvalue weighted by Gasteiger charge is -2.25. The summed E-state index contributed by atoms with van der Waals surface area (Å²) in [6, 6.07) is 8.69. The van der Waals surface area contributed by atoms with Gasteiger partial charge in [0.05, 0.1) is 0 Å². The van der Waals surface area contributed by atoms with Gasteiger partial charge < -0.3 is 0 Å². The third-order valence-corrected chi connectivity index (χ3v) is 4.97. The molecule has 1 aromatic carbocycles. The summed E-state index contributed by atoms with van der Waals surface area (Å²) in [7, 11) is 0. The molecule has 0 N–H and O–H groups in total. The molecule has 64 valence electrons. The van der Waals surface area contributed by atoms with Crippen molar-refractivity contribution < 1.29 is 0 Å². The van der Waals surface area contributed by atoms with Crippen molar-refractivity contribution in [3.63, 3.8) is 0 Å². The van der Waals surface area contributed by atoms with Crippen molar-refractivity contribution in [3.8, 4) is 0 Å². The van der Waals surface area contributed by atoms with E-state index in [4.69, 9.17) is 0 Å². The molecule has 1 aromatic rings. The van der Waals surface area contributed by atoms with E-state index in [1.54, 1.807) is 0 Å². The van der Waals surface area contributed by atoms with Crippen LogP contribution in [-0.4, -0.2) is 9.65 Å². The molecule has 2 rings (SSSR count). The van der Waals surface area contributed by atoms with E-state index in [1.165, 1.54) is 11.1 Å². The molecule has 12 heavy (non-hydrogen) atoms. The highest BCUT2D eigenvalue weighted by atomic mass is 79.9. The molecule has 1 aliphatic rings. The van der Waals surface area contributed by atoms with Gasteiger partial charge in [0, 0.05) is 9.65 Å². The van der Waals surface area contributed by atoms with Crippen LogP contribution in [0.1, 0.15) is 11.1 Å². The second-order valence-corrected chi connectivity index (χ2v) is 5.56. The Morgan fingerprint density at radius 1 is 0.917 bits per heavy atom. The smallest absolute Gasteiger partial charge is 0.0314 e. The molecular formula is C10H10Br2. The number of benzene rings is 1. The molecule has 0 fully saturated rings. The minimum atomic E-state index is 0.590.